The average Bonchev–Trinajstić information content (AvgIpc) is 3.27. The van der Waals surface area contributed by atoms with Crippen LogP contribution in [0.4, 0.5) is 18.3 Å². The van der Waals surface area contributed by atoms with Gasteiger partial charge in [0.25, 0.3) is 0 Å². The normalized spacial score (nSPS) is 18.9. The Labute approximate surface area is 180 Å². The third-order valence-electron chi connectivity index (χ3n) is 5.23. The molecule has 9 heteroatoms. The minimum atomic E-state index is -2.78. The molecule has 0 radical (unpaired) electrons. The summed E-state index contributed by atoms with van der Waals surface area (Å²) in [6.07, 6.45) is 2.46. The molecule has 2 unspecified atom stereocenters. The van der Waals surface area contributed by atoms with Crippen molar-refractivity contribution in [1.29, 1.82) is 0 Å². The van der Waals surface area contributed by atoms with Gasteiger partial charge in [0.1, 0.15) is 4.34 Å². The van der Waals surface area contributed by atoms with Gasteiger partial charge in [-0.3, -0.25) is 4.79 Å². The topological polar surface area (TPSA) is 54.9 Å². The summed E-state index contributed by atoms with van der Waals surface area (Å²) < 4.78 is 41.6. The summed E-state index contributed by atoms with van der Waals surface area (Å²) in [4.78, 5) is 20.6. The van der Waals surface area contributed by atoms with E-state index in [4.69, 9.17) is 11.6 Å². The monoisotopic (exact) mass is 451 g/mol. The van der Waals surface area contributed by atoms with Gasteiger partial charge in [0.05, 0.1) is 12.1 Å². The molecule has 0 bridgehead atoms. The number of anilines is 1. The van der Waals surface area contributed by atoms with Gasteiger partial charge in [-0.15, -0.1) is 0 Å². The summed E-state index contributed by atoms with van der Waals surface area (Å²) in [5.74, 6) is -5.03. The number of pyridine rings is 1. The van der Waals surface area contributed by atoms with Gasteiger partial charge in [0.2, 0.25) is 17.8 Å². The molecule has 30 heavy (non-hydrogen) atoms. The molecule has 156 valence electrons. The zero-order valence-electron chi connectivity index (χ0n) is 15.6. The number of alkyl halides is 2. The molecule has 1 aromatic carbocycles. The van der Waals surface area contributed by atoms with E-state index in [2.05, 4.69) is 15.3 Å². The Morgan fingerprint density at radius 2 is 1.97 bits per heavy atom. The lowest BCUT2D eigenvalue weighted by atomic mass is 9.83. The summed E-state index contributed by atoms with van der Waals surface area (Å²) in [7, 11) is 0. The molecule has 3 aromatic rings. The molecule has 0 spiro atoms. The second-order valence-corrected chi connectivity index (χ2v) is 8.95. The van der Waals surface area contributed by atoms with Crippen molar-refractivity contribution in [2.75, 3.05) is 5.32 Å². The maximum atomic E-state index is 13.9. The fraction of sp³-hybridized carbons (Fsp3) is 0.286. The van der Waals surface area contributed by atoms with Crippen LogP contribution in [0.5, 0.6) is 0 Å². The molecule has 4 nitrogen and oxygen atoms in total. The lowest BCUT2D eigenvalue weighted by Gasteiger charge is -2.23. The summed E-state index contributed by atoms with van der Waals surface area (Å²) in [5.41, 5.74) is 2.00. The highest BCUT2D eigenvalue weighted by Gasteiger charge is 2.45. The van der Waals surface area contributed by atoms with E-state index in [-0.39, 0.29) is 19.3 Å². The molecule has 1 aliphatic rings. The van der Waals surface area contributed by atoms with Crippen molar-refractivity contribution >= 4 is 34.0 Å². The molecule has 1 N–H and O–H groups in total. The molecule has 2 atom stereocenters. The van der Waals surface area contributed by atoms with Crippen molar-refractivity contribution in [2.24, 2.45) is 5.92 Å². The van der Waals surface area contributed by atoms with E-state index in [0.717, 1.165) is 16.9 Å². The van der Waals surface area contributed by atoms with Crippen LogP contribution in [0.15, 0.2) is 48.8 Å². The fourth-order valence-corrected chi connectivity index (χ4v) is 4.68. The molecule has 1 saturated carbocycles. The standard InChI is InChI=1S/C21H17ClF3N3OS/c22-16-11-27-20(30-16)28-19(29)18(15-5-7-21(24,25)10-15)13-3-1-12(2-4-13)14-6-8-26-17(23)9-14/h1-4,6,8-9,11,15,18H,5,7,10H2,(H,27,28,29). The first-order chi connectivity index (χ1) is 14.3. The Balaban J connectivity index is 1.62. The number of amides is 1. The van der Waals surface area contributed by atoms with Crippen LogP contribution in [-0.2, 0) is 4.79 Å². The lowest BCUT2D eigenvalue weighted by molar-refractivity contribution is -0.118. The minimum Gasteiger partial charge on any atom is -0.301 e. The smallest absolute Gasteiger partial charge is 0.248 e. The number of aromatic nitrogens is 2. The van der Waals surface area contributed by atoms with Gasteiger partial charge < -0.3 is 5.32 Å². The van der Waals surface area contributed by atoms with E-state index in [1.165, 1.54) is 18.5 Å². The van der Waals surface area contributed by atoms with E-state index in [0.29, 0.717) is 20.6 Å². The molecule has 1 fully saturated rings. The number of nitrogens with one attached hydrogen (secondary N) is 1. The number of thiazole rings is 1. The Kier molecular flexibility index (Phi) is 5.79. The number of carbonyl (C=O) groups is 1. The van der Waals surface area contributed by atoms with Gasteiger partial charge in [-0.25, -0.2) is 18.7 Å². The molecule has 2 heterocycles. The van der Waals surface area contributed by atoms with Crippen LogP contribution < -0.4 is 5.32 Å². The van der Waals surface area contributed by atoms with E-state index in [1.54, 1.807) is 30.3 Å². The maximum absolute atomic E-state index is 13.9. The minimum absolute atomic E-state index is 0.237. The van der Waals surface area contributed by atoms with Crippen molar-refractivity contribution in [1.82, 2.24) is 9.97 Å². The van der Waals surface area contributed by atoms with Gasteiger partial charge in [-0.1, -0.05) is 47.2 Å². The zero-order chi connectivity index (χ0) is 21.3. The predicted molar refractivity (Wildman–Crippen MR) is 110 cm³/mol. The van der Waals surface area contributed by atoms with Crippen LogP contribution in [0.1, 0.15) is 30.7 Å². The fourth-order valence-electron chi connectivity index (χ4n) is 3.87. The van der Waals surface area contributed by atoms with Crippen molar-refractivity contribution in [3.63, 3.8) is 0 Å². The zero-order valence-corrected chi connectivity index (χ0v) is 17.2. The molecule has 0 aliphatic heterocycles. The van der Waals surface area contributed by atoms with E-state index >= 15 is 0 Å². The third-order valence-corrected chi connectivity index (χ3v) is 6.26. The molecule has 4 rings (SSSR count). The van der Waals surface area contributed by atoms with E-state index < -0.39 is 29.6 Å². The van der Waals surface area contributed by atoms with Crippen LogP contribution in [0.3, 0.4) is 0 Å². The van der Waals surface area contributed by atoms with Crippen LogP contribution in [-0.4, -0.2) is 21.8 Å². The van der Waals surface area contributed by atoms with Gasteiger partial charge >= 0.3 is 0 Å². The van der Waals surface area contributed by atoms with E-state index in [1.807, 2.05) is 0 Å². The SMILES string of the molecule is O=C(Nc1ncc(Cl)s1)C(c1ccc(-c2ccnc(F)c2)cc1)C1CCC(F)(F)C1. The van der Waals surface area contributed by atoms with Crippen LogP contribution >= 0.6 is 22.9 Å². The van der Waals surface area contributed by atoms with E-state index in [9.17, 15) is 18.0 Å². The highest BCUT2D eigenvalue weighted by Crippen LogP contribution is 2.46. The predicted octanol–water partition coefficient (Wildman–Crippen LogP) is 6.16. The lowest BCUT2D eigenvalue weighted by Crippen LogP contribution is -2.27. The van der Waals surface area contributed by atoms with Crippen molar-refractivity contribution < 1.29 is 18.0 Å². The number of halogens is 4. The van der Waals surface area contributed by atoms with Crippen LogP contribution in [0, 0.1) is 11.9 Å². The number of carbonyl (C=O) groups excluding carboxylic acids is 1. The Bertz CT molecular complexity index is 1060. The van der Waals surface area contributed by atoms with Gasteiger partial charge in [-0.2, -0.15) is 4.39 Å². The van der Waals surface area contributed by atoms with Gasteiger partial charge in [0, 0.05) is 25.1 Å². The first kappa shape index (κ1) is 20.8. The number of hydrogen-bond donors (Lipinski definition) is 1. The molecule has 0 saturated heterocycles. The highest BCUT2D eigenvalue weighted by molar-refractivity contribution is 7.19. The summed E-state index contributed by atoms with van der Waals surface area (Å²) in [6, 6.07) is 9.93. The van der Waals surface area contributed by atoms with Crippen molar-refractivity contribution in [3.05, 3.63) is 64.6 Å². The molecular weight excluding hydrogens is 435 g/mol. The van der Waals surface area contributed by atoms with Crippen LogP contribution in [0.2, 0.25) is 4.34 Å². The van der Waals surface area contributed by atoms with Gasteiger partial charge in [0.15, 0.2) is 5.13 Å². The van der Waals surface area contributed by atoms with Gasteiger partial charge in [-0.05, 0) is 35.1 Å². The Hall–Kier alpha value is -2.45. The molecule has 2 aromatic heterocycles. The second-order valence-electron chi connectivity index (χ2n) is 7.28. The summed E-state index contributed by atoms with van der Waals surface area (Å²) in [6.45, 7) is 0. The summed E-state index contributed by atoms with van der Waals surface area (Å²) in [5, 5.41) is 3.02. The highest BCUT2D eigenvalue weighted by atomic mass is 35.5. The second kappa shape index (κ2) is 8.35. The molecule has 1 aliphatic carbocycles. The molecular formula is C21H17ClF3N3OS. The number of hydrogen-bond acceptors (Lipinski definition) is 4. The molecule has 1 amide bonds. The number of rotatable bonds is 5. The first-order valence-electron chi connectivity index (χ1n) is 9.33. The Morgan fingerprint density at radius 3 is 2.57 bits per heavy atom. The average molecular weight is 452 g/mol. The first-order valence-corrected chi connectivity index (χ1v) is 10.5. The largest absolute Gasteiger partial charge is 0.301 e. The quantitative estimate of drug-likeness (QED) is 0.473. The Morgan fingerprint density at radius 1 is 1.20 bits per heavy atom. The van der Waals surface area contributed by atoms with Crippen molar-refractivity contribution in [3.8, 4) is 11.1 Å². The number of nitrogens with zero attached hydrogens (tertiary/aromatic N) is 2. The summed E-state index contributed by atoms with van der Waals surface area (Å²) >= 11 is 6.97. The third kappa shape index (κ3) is 4.65. The number of benzene rings is 1. The maximum Gasteiger partial charge on any atom is 0.248 e. The van der Waals surface area contributed by atoms with Crippen molar-refractivity contribution in [2.45, 2.75) is 31.1 Å². The van der Waals surface area contributed by atoms with Crippen LogP contribution in [0.25, 0.3) is 11.1 Å².